The van der Waals surface area contributed by atoms with Gasteiger partial charge in [-0.25, -0.2) is 14.5 Å². The second-order valence-electron chi connectivity index (χ2n) is 7.54. The molecule has 0 spiro atoms. The summed E-state index contributed by atoms with van der Waals surface area (Å²) in [5, 5.41) is 13.4. The van der Waals surface area contributed by atoms with Crippen LogP contribution in [0.3, 0.4) is 0 Å². The van der Waals surface area contributed by atoms with Gasteiger partial charge in [-0.05, 0) is 28.7 Å². The van der Waals surface area contributed by atoms with Gasteiger partial charge in [0.1, 0.15) is 5.82 Å². The molecule has 0 aliphatic rings. The van der Waals surface area contributed by atoms with Crippen molar-refractivity contribution in [1.29, 1.82) is 0 Å². The Bertz CT molecular complexity index is 1010. The number of carboxylic acid groups (broad SMARTS) is 1. The lowest BCUT2D eigenvalue weighted by molar-refractivity contribution is 0.00744. The minimum absolute atomic E-state index is 0.228. The molecule has 0 aliphatic carbocycles. The molecular formula is C22H23F2N3O2. The summed E-state index contributed by atoms with van der Waals surface area (Å²) in [5.41, 5.74) is 2.51. The highest BCUT2D eigenvalue weighted by Crippen LogP contribution is 2.26. The third-order valence-electron chi connectivity index (χ3n) is 4.46. The van der Waals surface area contributed by atoms with Gasteiger partial charge in [0.05, 0.1) is 5.56 Å². The number of aromatic carboxylic acids is 1. The highest BCUT2D eigenvalue weighted by Gasteiger charge is 2.31. The minimum Gasteiger partial charge on any atom is -0.478 e. The van der Waals surface area contributed by atoms with E-state index in [4.69, 9.17) is 0 Å². The maximum atomic E-state index is 13.7. The van der Waals surface area contributed by atoms with Gasteiger partial charge >= 0.3 is 11.9 Å². The van der Waals surface area contributed by atoms with Gasteiger partial charge in [0, 0.05) is 19.9 Å². The molecule has 3 rings (SSSR count). The summed E-state index contributed by atoms with van der Waals surface area (Å²) in [7, 11) is 0. The van der Waals surface area contributed by atoms with E-state index >= 15 is 0 Å². The van der Waals surface area contributed by atoms with E-state index in [1.54, 1.807) is 28.9 Å². The molecule has 1 N–H and O–H groups in total. The molecule has 5 nitrogen and oxygen atoms in total. The predicted octanol–water partition coefficient (Wildman–Crippen LogP) is 5.00. The van der Waals surface area contributed by atoms with Crippen LogP contribution in [0.15, 0.2) is 48.5 Å². The van der Waals surface area contributed by atoms with Crippen LogP contribution in [-0.4, -0.2) is 25.8 Å². The lowest BCUT2D eigenvalue weighted by Crippen LogP contribution is -2.12. The monoisotopic (exact) mass is 399 g/mol. The molecular weight excluding hydrogens is 376 g/mol. The smallest absolute Gasteiger partial charge is 0.336 e. The molecule has 1 aromatic heterocycles. The molecule has 7 heteroatoms. The molecule has 152 valence electrons. The van der Waals surface area contributed by atoms with E-state index in [0.29, 0.717) is 24.4 Å². The fraction of sp³-hybridized carbons (Fsp3) is 0.318. The van der Waals surface area contributed by atoms with E-state index in [1.165, 1.54) is 0 Å². The fourth-order valence-corrected chi connectivity index (χ4v) is 3.09. The van der Waals surface area contributed by atoms with Crippen molar-refractivity contribution >= 4 is 5.97 Å². The lowest BCUT2D eigenvalue weighted by atomic mass is 9.98. The van der Waals surface area contributed by atoms with Crippen LogP contribution in [0.5, 0.6) is 0 Å². The Kier molecular flexibility index (Phi) is 5.77. The highest BCUT2D eigenvalue weighted by molar-refractivity contribution is 5.95. The molecule has 0 fully saturated rings. The van der Waals surface area contributed by atoms with Crippen LogP contribution in [0, 0.1) is 5.92 Å². The van der Waals surface area contributed by atoms with Crippen molar-refractivity contribution in [2.24, 2.45) is 5.92 Å². The molecule has 0 radical (unpaired) electrons. The van der Waals surface area contributed by atoms with Gasteiger partial charge in [-0.15, -0.1) is 5.10 Å². The Morgan fingerprint density at radius 2 is 1.79 bits per heavy atom. The molecule has 0 unspecified atom stereocenters. The average molecular weight is 399 g/mol. The number of carboxylic acids is 1. The average Bonchev–Trinajstić information content (AvgIpc) is 3.04. The van der Waals surface area contributed by atoms with Crippen LogP contribution in [0.1, 0.15) is 48.3 Å². The molecule has 2 aromatic carbocycles. The molecule has 1 heterocycles. The van der Waals surface area contributed by atoms with Crippen molar-refractivity contribution in [3.05, 3.63) is 71.3 Å². The van der Waals surface area contributed by atoms with Gasteiger partial charge < -0.3 is 5.11 Å². The zero-order chi connectivity index (χ0) is 21.2. The van der Waals surface area contributed by atoms with Crippen molar-refractivity contribution in [2.45, 2.75) is 39.7 Å². The number of halogens is 2. The maximum Gasteiger partial charge on any atom is 0.336 e. The second-order valence-corrected chi connectivity index (χ2v) is 7.54. The number of carbonyl (C=O) groups is 1. The van der Waals surface area contributed by atoms with Crippen LogP contribution < -0.4 is 0 Å². The van der Waals surface area contributed by atoms with Crippen molar-refractivity contribution < 1.29 is 18.7 Å². The highest BCUT2D eigenvalue weighted by atomic mass is 19.3. The SMILES string of the molecule is CC(C)Cn1nc(C(C)(F)F)nc1Cc1ccc(-c2ccccc2C(=O)O)cc1. The first-order valence-electron chi connectivity index (χ1n) is 9.39. The number of hydrogen-bond donors (Lipinski definition) is 1. The molecule has 0 atom stereocenters. The van der Waals surface area contributed by atoms with Gasteiger partial charge in [0.2, 0.25) is 5.82 Å². The van der Waals surface area contributed by atoms with Crippen LogP contribution in [0.4, 0.5) is 8.78 Å². The second kappa shape index (κ2) is 8.11. The van der Waals surface area contributed by atoms with Crippen LogP contribution in [0.25, 0.3) is 11.1 Å². The maximum absolute atomic E-state index is 13.7. The normalized spacial score (nSPS) is 11.8. The summed E-state index contributed by atoms with van der Waals surface area (Å²) < 4.78 is 28.9. The first-order chi connectivity index (χ1) is 13.6. The zero-order valence-electron chi connectivity index (χ0n) is 16.6. The summed E-state index contributed by atoms with van der Waals surface area (Å²) in [5.74, 6) is -3.83. The lowest BCUT2D eigenvalue weighted by Gasteiger charge is -2.10. The molecule has 0 bridgehead atoms. The number of hydrogen-bond acceptors (Lipinski definition) is 3. The van der Waals surface area contributed by atoms with E-state index in [-0.39, 0.29) is 11.5 Å². The Morgan fingerprint density at radius 1 is 1.14 bits per heavy atom. The topological polar surface area (TPSA) is 68.0 Å². The Morgan fingerprint density at radius 3 is 2.38 bits per heavy atom. The van der Waals surface area contributed by atoms with Gasteiger partial charge in [-0.1, -0.05) is 56.3 Å². The fourth-order valence-electron chi connectivity index (χ4n) is 3.09. The van der Waals surface area contributed by atoms with Crippen molar-refractivity contribution in [1.82, 2.24) is 14.8 Å². The number of aromatic nitrogens is 3. The summed E-state index contributed by atoms with van der Waals surface area (Å²) in [6.45, 7) is 5.27. The molecule has 29 heavy (non-hydrogen) atoms. The summed E-state index contributed by atoms with van der Waals surface area (Å²) in [6.07, 6.45) is 0.358. The third kappa shape index (κ3) is 4.85. The van der Waals surface area contributed by atoms with Crippen molar-refractivity contribution in [3.8, 4) is 11.1 Å². The number of alkyl halides is 2. The summed E-state index contributed by atoms with van der Waals surface area (Å²) in [4.78, 5) is 15.5. The minimum atomic E-state index is -3.10. The van der Waals surface area contributed by atoms with E-state index in [0.717, 1.165) is 18.1 Å². The number of benzene rings is 2. The Labute approximate surface area is 168 Å². The molecule has 3 aromatic rings. The first kappa shape index (κ1) is 20.6. The largest absolute Gasteiger partial charge is 0.478 e. The third-order valence-corrected chi connectivity index (χ3v) is 4.46. The Hall–Kier alpha value is -3.09. The zero-order valence-corrected chi connectivity index (χ0v) is 16.6. The number of rotatable bonds is 7. The van der Waals surface area contributed by atoms with E-state index < -0.39 is 17.7 Å². The predicted molar refractivity (Wildman–Crippen MR) is 106 cm³/mol. The van der Waals surface area contributed by atoms with E-state index in [9.17, 15) is 18.7 Å². The molecule has 0 amide bonds. The van der Waals surface area contributed by atoms with Gasteiger partial charge in [0.15, 0.2) is 0 Å². The standard InChI is InChI=1S/C22H23F2N3O2/c1-14(2)13-27-19(25-21(26-27)22(3,23)24)12-15-8-10-16(11-9-15)17-6-4-5-7-18(17)20(28)29/h4-11,14H,12-13H2,1-3H3,(H,28,29). The Balaban J connectivity index is 1.89. The summed E-state index contributed by atoms with van der Waals surface area (Å²) >= 11 is 0. The van der Waals surface area contributed by atoms with E-state index in [1.807, 2.05) is 38.1 Å². The summed E-state index contributed by atoms with van der Waals surface area (Å²) in [6, 6.07) is 14.2. The van der Waals surface area contributed by atoms with Crippen LogP contribution in [0.2, 0.25) is 0 Å². The van der Waals surface area contributed by atoms with Gasteiger partial charge in [0.25, 0.3) is 0 Å². The van der Waals surface area contributed by atoms with Crippen molar-refractivity contribution in [2.75, 3.05) is 0 Å². The molecule has 0 saturated heterocycles. The van der Waals surface area contributed by atoms with Crippen molar-refractivity contribution in [3.63, 3.8) is 0 Å². The van der Waals surface area contributed by atoms with Crippen LogP contribution >= 0.6 is 0 Å². The van der Waals surface area contributed by atoms with Gasteiger partial charge in [-0.2, -0.15) is 8.78 Å². The quantitative estimate of drug-likeness (QED) is 0.607. The first-order valence-corrected chi connectivity index (χ1v) is 9.39. The molecule has 0 saturated carbocycles. The van der Waals surface area contributed by atoms with E-state index in [2.05, 4.69) is 10.1 Å². The molecule has 0 aliphatic heterocycles. The van der Waals surface area contributed by atoms with Gasteiger partial charge in [-0.3, -0.25) is 0 Å². The van der Waals surface area contributed by atoms with Crippen LogP contribution in [-0.2, 0) is 18.9 Å². The number of nitrogens with zero attached hydrogens (tertiary/aromatic N) is 3.